The second-order valence-electron chi connectivity index (χ2n) is 7.39. The van der Waals surface area contributed by atoms with E-state index in [0.717, 1.165) is 16.3 Å². The Morgan fingerprint density at radius 3 is 2.36 bits per heavy atom. The van der Waals surface area contributed by atoms with Gasteiger partial charge in [0.15, 0.2) is 6.61 Å². The number of hydrogen-bond donors (Lipinski definition) is 1. The number of fused-ring (bicyclic) bond motifs is 1. The zero-order valence-corrected chi connectivity index (χ0v) is 18.2. The Morgan fingerprint density at radius 1 is 0.818 bits per heavy atom. The number of rotatable bonds is 7. The summed E-state index contributed by atoms with van der Waals surface area (Å²) >= 11 is 0. The van der Waals surface area contributed by atoms with Crippen molar-refractivity contribution in [2.45, 2.75) is 0 Å². The predicted octanol–water partition coefficient (Wildman–Crippen LogP) is 5.57. The summed E-state index contributed by atoms with van der Waals surface area (Å²) in [5.74, 6) is -0.315. The summed E-state index contributed by atoms with van der Waals surface area (Å²) in [5, 5.41) is 4.88. The highest BCUT2D eigenvalue weighted by molar-refractivity contribution is 6.22. The van der Waals surface area contributed by atoms with Gasteiger partial charge in [-0.25, -0.2) is 4.79 Å². The minimum absolute atomic E-state index is 0.349. The molecule has 0 saturated carbocycles. The maximum absolute atomic E-state index is 12.9. The van der Waals surface area contributed by atoms with Gasteiger partial charge in [-0.2, -0.15) is 0 Å². The SMILES string of the molecule is COc1cccc(/C=C(/C(=O)OCC(=O)Nc2ccc3ccccc3c2)c2ccccc2)c1. The number of ether oxygens (including phenoxy) is 2. The van der Waals surface area contributed by atoms with E-state index in [1.54, 1.807) is 13.2 Å². The van der Waals surface area contributed by atoms with Crippen LogP contribution in [0.25, 0.3) is 22.4 Å². The van der Waals surface area contributed by atoms with Crippen molar-refractivity contribution in [3.8, 4) is 5.75 Å². The Bertz CT molecular complexity index is 1310. The minimum atomic E-state index is -0.585. The summed E-state index contributed by atoms with van der Waals surface area (Å²) in [6, 6.07) is 30.1. The molecule has 4 aromatic carbocycles. The van der Waals surface area contributed by atoms with E-state index in [1.165, 1.54) is 0 Å². The van der Waals surface area contributed by atoms with Crippen molar-refractivity contribution in [1.29, 1.82) is 0 Å². The van der Waals surface area contributed by atoms with E-state index in [1.807, 2.05) is 97.1 Å². The molecule has 164 valence electrons. The molecule has 5 nitrogen and oxygen atoms in total. The van der Waals surface area contributed by atoms with Gasteiger partial charge >= 0.3 is 5.97 Å². The molecule has 0 bridgehead atoms. The second-order valence-corrected chi connectivity index (χ2v) is 7.39. The number of benzene rings is 4. The molecule has 4 rings (SSSR count). The van der Waals surface area contributed by atoms with Crippen molar-refractivity contribution in [3.63, 3.8) is 0 Å². The van der Waals surface area contributed by atoms with Gasteiger partial charge in [-0.3, -0.25) is 4.79 Å². The van der Waals surface area contributed by atoms with E-state index < -0.39 is 18.5 Å². The van der Waals surface area contributed by atoms with Crippen molar-refractivity contribution in [2.24, 2.45) is 0 Å². The first-order valence-electron chi connectivity index (χ1n) is 10.5. The predicted molar refractivity (Wildman–Crippen MR) is 131 cm³/mol. The molecular weight excluding hydrogens is 414 g/mol. The van der Waals surface area contributed by atoms with Crippen LogP contribution in [0.3, 0.4) is 0 Å². The second kappa shape index (κ2) is 10.3. The highest BCUT2D eigenvalue weighted by Gasteiger charge is 2.16. The van der Waals surface area contributed by atoms with E-state index in [-0.39, 0.29) is 0 Å². The van der Waals surface area contributed by atoms with E-state index >= 15 is 0 Å². The molecule has 0 spiro atoms. The zero-order chi connectivity index (χ0) is 23.0. The Kier molecular flexibility index (Phi) is 6.81. The molecule has 0 fully saturated rings. The Morgan fingerprint density at radius 2 is 1.58 bits per heavy atom. The first-order chi connectivity index (χ1) is 16.1. The van der Waals surface area contributed by atoms with Gasteiger partial charge in [0.1, 0.15) is 5.75 Å². The summed E-state index contributed by atoms with van der Waals surface area (Å²) in [4.78, 5) is 25.4. The normalized spacial score (nSPS) is 11.1. The summed E-state index contributed by atoms with van der Waals surface area (Å²) in [7, 11) is 1.59. The van der Waals surface area contributed by atoms with E-state index in [0.29, 0.717) is 22.6 Å². The van der Waals surface area contributed by atoms with Gasteiger partial charge in [-0.1, -0.05) is 72.8 Å². The number of nitrogens with one attached hydrogen (secondary N) is 1. The molecule has 0 radical (unpaired) electrons. The molecule has 5 heteroatoms. The molecule has 0 aliphatic heterocycles. The Balaban J connectivity index is 1.48. The number of amides is 1. The maximum atomic E-state index is 12.9. The number of carbonyl (C=O) groups is 2. The van der Waals surface area contributed by atoms with Crippen molar-refractivity contribution in [3.05, 3.63) is 108 Å². The fraction of sp³-hybridized carbons (Fsp3) is 0.0714. The summed E-state index contributed by atoms with van der Waals surface area (Å²) < 4.78 is 10.6. The highest BCUT2D eigenvalue weighted by Crippen LogP contribution is 2.23. The van der Waals surface area contributed by atoms with Crippen molar-refractivity contribution in [1.82, 2.24) is 0 Å². The molecule has 0 aliphatic rings. The van der Waals surface area contributed by atoms with Gasteiger partial charge in [0.05, 0.1) is 12.7 Å². The monoisotopic (exact) mass is 437 g/mol. The highest BCUT2D eigenvalue weighted by atomic mass is 16.5. The third-order valence-electron chi connectivity index (χ3n) is 5.08. The number of methoxy groups -OCH3 is 1. The smallest absolute Gasteiger partial charge is 0.339 e. The lowest BCUT2D eigenvalue weighted by molar-refractivity contribution is -0.141. The minimum Gasteiger partial charge on any atom is -0.497 e. The maximum Gasteiger partial charge on any atom is 0.339 e. The summed E-state index contributed by atoms with van der Waals surface area (Å²) in [5.41, 5.74) is 2.47. The molecule has 0 aromatic heterocycles. The van der Waals surface area contributed by atoms with Crippen molar-refractivity contribution in [2.75, 3.05) is 19.0 Å². The van der Waals surface area contributed by atoms with Crippen molar-refractivity contribution < 1.29 is 19.1 Å². The molecule has 4 aromatic rings. The van der Waals surface area contributed by atoms with E-state index in [4.69, 9.17) is 9.47 Å². The lowest BCUT2D eigenvalue weighted by Crippen LogP contribution is -2.21. The average Bonchev–Trinajstić information content (AvgIpc) is 2.86. The fourth-order valence-electron chi connectivity index (χ4n) is 3.45. The molecule has 1 amide bonds. The molecule has 33 heavy (non-hydrogen) atoms. The van der Waals surface area contributed by atoms with Crippen LogP contribution in [0.1, 0.15) is 11.1 Å². The van der Waals surface area contributed by atoms with Crippen LogP contribution < -0.4 is 10.1 Å². The largest absolute Gasteiger partial charge is 0.497 e. The zero-order valence-electron chi connectivity index (χ0n) is 18.2. The van der Waals surface area contributed by atoms with Gasteiger partial charge in [0, 0.05) is 5.69 Å². The lowest BCUT2D eigenvalue weighted by Gasteiger charge is -2.10. The van der Waals surface area contributed by atoms with Gasteiger partial charge in [0.25, 0.3) is 5.91 Å². The number of carbonyl (C=O) groups excluding carboxylic acids is 2. The van der Waals surface area contributed by atoms with Gasteiger partial charge < -0.3 is 14.8 Å². The van der Waals surface area contributed by atoms with Crippen LogP contribution in [-0.2, 0) is 14.3 Å². The standard InChI is InChI=1S/C28H23NO4/c1-32-25-13-7-8-20(16-25)17-26(22-10-3-2-4-11-22)28(31)33-19-27(30)29-24-15-14-21-9-5-6-12-23(21)18-24/h2-18H,19H2,1H3,(H,29,30)/b26-17+. The van der Waals surface area contributed by atoms with Crippen LogP contribution in [0.5, 0.6) is 5.75 Å². The molecule has 0 aliphatic carbocycles. The van der Waals surface area contributed by atoms with E-state index in [2.05, 4.69) is 5.32 Å². The summed E-state index contributed by atoms with van der Waals surface area (Å²) in [6.45, 7) is -0.395. The third kappa shape index (κ3) is 5.66. The Labute approximate surface area is 192 Å². The lowest BCUT2D eigenvalue weighted by atomic mass is 10.0. The average molecular weight is 437 g/mol. The van der Waals surface area contributed by atoms with Gasteiger partial charge in [-0.05, 0) is 52.2 Å². The molecule has 0 atom stereocenters. The number of esters is 1. The van der Waals surface area contributed by atoms with Gasteiger partial charge in [-0.15, -0.1) is 0 Å². The first kappa shape index (κ1) is 21.8. The third-order valence-corrected chi connectivity index (χ3v) is 5.08. The molecular formula is C28H23NO4. The van der Waals surface area contributed by atoms with Crippen LogP contribution in [0.15, 0.2) is 97.1 Å². The van der Waals surface area contributed by atoms with Crippen LogP contribution in [0.4, 0.5) is 5.69 Å². The fourth-order valence-corrected chi connectivity index (χ4v) is 3.45. The van der Waals surface area contributed by atoms with Gasteiger partial charge in [0.2, 0.25) is 0 Å². The van der Waals surface area contributed by atoms with Crippen LogP contribution in [-0.4, -0.2) is 25.6 Å². The Hall–Kier alpha value is -4.38. The van der Waals surface area contributed by atoms with Crippen molar-refractivity contribution >= 4 is 40.0 Å². The molecule has 1 N–H and O–H groups in total. The quantitative estimate of drug-likeness (QED) is 0.233. The van der Waals surface area contributed by atoms with Crippen LogP contribution in [0.2, 0.25) is 0 Å². The first-order valence-corrected chi connectivity index (χ1v) is 10.5. The number of hydrogen-bond acceptors (Lipinski definition) is 4. The topological polar surface area (TPSA) is 64.6 Å². The number of anilines is 1. The van der Waals surface area contributed by atoms with Crippen LogP contribution in [0, 0.1) is 0 Å². The van der Waals surface area contributed by atoms with E-state index in [9.17, 15) is 9.59 Å². The molecule has 0 unspecified atom stereocenters. The van der Waals surface area contributed by atoms with Crippen LogP contribution >= 0.6 is 0 Å². The molecule has 0 saturated heterocycles. The molecule has 0 heterocycles. The summed E-state index contributed by atoms with van der Waals surface area (Å²) in [6.07, 6.45) is 1.72.